The molecule has 1 aliphatic carbocycles. The van der Waals surface area contributed by atoms with E-state index in [2.05, 4.69) is 36.1 Å². The summed E-state index contributed by atoms with van der Waals surface area (Å²) in [7, 11) is 0. The molecule has 3 aromatic rings. The van der Waals surface area contributed by atoms with Crippen molar-refractivity contribution in [2.45, 2.75) is 25.1 Å². The minimum Gasteiger partial charge on any atom is -0.365 e. The predicted molar refractivity (Wildman–Crippen MR) is 109 cm³/mol. The molecular weight excluding hydrogens is 414 g/mol. The molecule has 0 bridgehead atoms. The molecule has 1 saturated carbocycles. The molecular formula is C20H17F4N7. The number of benzene rings is 1. The van der Waals surface area contributed by atoms with E-state index in [1.807, 2.05) is 0 Å². The van der Waals surface area contributed by atoms with Crippen LogP contribution in [0.15, 0.2) is 53.9 Å². The molecule has 0 radical (unpaired) electrons. The van der Waals surface area contributed by atoms with Crippen molar-refractivity contribution in [3.05, 3.63) is 65.9 Å². The van der Waals surface area contributed by atoms with E-state index in [0.717, 1.165) is 31.2 Å². The number of halogens is 4. The molecule has 2 heterocycles. The quantitative estimate of drug-likeness (QED) is 0.283. The summed E-state index contributed by atoms with van der Waals surface area (Å²) in [5, 5.41) is 9.81. The monoisotopic (exact) mass is 431 g/mol. The molecule has 31 heavy (non-hydrogen) atoms. The summed E-state index contributed by atoms with van der Waals surface area (Å²) < 4.78 is 52.1. The molecule has 0 atom stereocenters. The second kappa shape index (κ2) is 8.54. The van der Waals surface area contributed by atoms with Gasteiger partial charge in [-0.25, -0.2) is 14.8 Å². The Morgan fingerprint density at radius 3 is 2.58 bits per heavy atom. The van der Waals surface area contributed by atoms with Gasteiger partial charge in [0.15, 0.2) is 11.6 Å². The molecule has 3 N–H and O–H groups in total. The van der Waals surface area contributed by atoms with Gasteiger partial charge >= 0.3 is 6.18 Å². The zero-order valence-electron chi connectivity index (χ0n) is 16.0. The largest absolute Gasteiger partial charge is 0.416 e. The Bertz CT molecular complexity index is 1080. The number of nitrogens with one attached hydrogen (secondary N) is 3. The van der Waals surface area contributed by atoms with Gasteiger partial charge < -0.3 is 10.6 Å². The Morgan fingerprint density at radius 2 is 1.87 bits per heavy atom. The third kappa shape index (κ3) is 5.65. The number of hydrazone groups is 1. The lowest BCUT2D eigenvalue weighted by Crippen LogP contribution is -2.08. The molecule has 0 saturated heterocycles. The van der Waals surface area contributed by atoms with Crippen LogP contribution >= 0.6 is 0 Å². The molecule has 0 aliphatic heterocycles. The fourth-order valence-corrected chi connectivity index (χ4v) is 2.59. The van der Waals surface area contributed by atoms with Gasteiger partial charge in [0.05, 0.1) is 35.6 Å². The van der Waals surface area contributed by atoms with E-state index in [1.165, 1.54) is 24.5 Å². The molecule has 1 fully saturated rings. The van der Waals surface area contributed by atoms with Crippen molar-refractivity contribution in [1.82, 2.24) is 15.0 Å². The number of aromatic nitrogens is 3. The smallest absolute Gasteiger partial charge is 0.365 e. The highest BCUT2D eigenvalue weighted by atomic mass is 19.4. The van der Waals surface area contributed by atoms with Crippen LogP contribution in [0.2, 0.25) is 0 Å². The second-order valence-corrected chi connectivity index (χ2v) is 6.85. The van der Waals surface area contributed by atoms with Crippen molar-refractivity contribution in [2.75, 3.05) is 16.1 Å². The van der Waals surface area contributed by atoms with Crippen LogP contribution < -0.4 is 16.1 Å². The van der Waals surface area contributed by atoms with Gasteiger partial charge in [-0.1, -0.05) is 6.07 Å². The first-order valence-corrected chi connectivity index (χ1v) is 9.35. The van der Waals surface area contributed by atoms with Crippen LogP contribution in [-0.4, -0.2) is 27.2 Å². The summed E-state index contributed by atoms with van der Waals surface area (Å²) in [4.78, 5) is 12.0. The van der Waals surface area contributed by atoms with Crippen LogP contribution in [0.4, 0.5) is 40.7 Å². The highest BCUT2D eigenvalue weighted by Gasteiger charge is 2.30. The molecule has 0 spiro atoms. The number of anilines is 4. The minimum atomic E-state index is -4.41. The van der Waals surface area contributed by atoms with Crippen LogP contribution in [0.3, 0.4) is 0 Å². The maximum absolute atomic E-state index is 13.7. The highest BCUT2D eigenvalue weighted by molar-refractivity contribution is 5.78. The van der Waals surface area contributed by atoms with Crippen LogP contribution in [-0.2, 0) is 6.18 Å². The first kappa shape index (κ1) is 20.5. The maximum Gasteiger partial charge on any atom is 0.416 e. The lowest BCUT2D eigenvalue weighted by molar-refractivity contribution is -0.137. The first-order valence-electron chi connectivity index (χ1n) is 9.35. The Labute approximate surface area is 174 Å². The lowest BCUT2D eigenvalue weighted by Gasteiger charge is -2.10. The van der Waals surface area contributed by atoms with Crippen molar-refractivity contribution in [3.8, 4) is 0 Å². The molecule has 0 unspecified atom stereocenters. The topological polar surface area (TPSA) is 87.1 Å². The molecule has 1 aromatic carbocycles. The summed E-state index contributed by atoms with van der Waals surface area (Å²) in [6, 6.07) is 8.42. The molecule has 2 aromatic heterocycles. The Morgan fingerprint density at radius 1 is 1.03 bits per heavy atom. The van der Waals surface area contributed by atoms with Crippen LogP contribution in [0.5, 0.6) is 0 Å². The van der Waals surface area contributed by atoms with E-state index in [9.17, 15) is 17.6 Å². The van der Waals surface area contributed by atoms with E-state index in [0.29, 0.717) is 17.1 Å². The van der Waals surface area contributed by atoms with Crippen molar-refractivity contribution >= 4 is 29.4 Å². The van der Waals surface area contributed by atoms with Gasteiger partial charge in [0.25, 0.3) is 0 Å². The molecule has 11 heteroatoms. The Hall–Kier alpha value is -3.76. The number of alkyl halides is 3. The van der Waals surface area contributed by atoms with Crippen LogP contribution in [0.25, 0.3) is 0 Å². The second-order valence-electron chi connectivity index (χ2n) is 6.85. The average molecular weight is 431 g/mol. The minimum absolute atomic E-state index is 0.123. The Balaban J connectivity index is 1.36. The standard InChI is InChI=1S/C20H17F4N7/c21-17-11-26-19(30-18(17)29-13-4-5-13)31-27-10-15-6-7-16(9-25-15)28-14-3-1-2-12(8-14)20(22,23)24/h1-3,6-11,13,28H,4-5H2,(H2,26,29,30,31)/b27-10+. The predicted octanol–water partition coefficient (Wildman–Crippen LogP) is 4.79. The van der Waals surface area contributed by atoms with Gasteiger partial charge in [0, 0.05) is 11.7 Å². The fourth-order valence-electron chi connectivity index (χ4n) is 2.59. The van der Waals surface area contributed by atoms with Gasteiger partial charge in [-0.15, -0.1) is 0 Å². The summed E-state index contributed by atoms with van der Waals surface area (Å²) in [5.74, 6) is -0.283. The summed E-state index contributed by atoms with van der Waals surface area (Å²) in [6.07, 6.45) is 1.49. The molecule has 0 amide bonds. The zero-order chi connectivity index (χ0) is 21.8. The zero-order valence-corrected chi connectivity index (χ0v) is 16.0. The third-order valence-corrected chi connectivity index (χ3v) is 4.29. The van der Waals surface area contributed by atoms with Gasteiger partial charge in [-0.2, -0.15) is 23.3 Å². The fraction of sp³-hybridized carbons (Fsp3) is 0.200. The Kier molecular flexibility index (Phi) is 5.65. The number of pyridine rings is 1. The summed E-state index contributed by atoms with van der Waals surface area (Å²) in [6.45, 7) is 0. The van der Waals surface area contributed by atoms with Gasteiger partial charge in [0.1, 0.15) is 0 Å². The van der Waals surface area contributed by atoms with E-state index in [4.69, 9.17) is 0 Å². The van der Waals surface area contributed by atoms with E-state index in [1.54, 1.807) is 12.1 Å². The molecule has 1 aliphatic rings. The third-order valence-electron chi connectivity index (χ3n) is 4.29. The molecule has 7 nitrogen and oxygen atoms in total. The summed E-state index contributed by atoms with van der Waals surface area (Å²) in [5.41, 5.74) is 3.17. The highest BCUT2D eigenvalue weighted by Crippen LogP contribution is 2.31. The summed E-state index contributed by atoms with van der Waals surface area (Å²) >= 11 is 0. The van der Waals surface area contributed by atoms with E-state index < -0.39 is 17.6 Å². The molecule has 4 rings (SSSR count). The number of hydrogen-bond acceptors (Lipinski definition) is 7. The van der Waals surface area contributed by atoms with Gasteiger partial charge in [-0.05, 0) is 43.2 Å². The number of hydrogen-bond donors (Lipinski definition) is 3. The average Bonchev–Trinajstić information content (AvgIpc) is 3.55. The number of nitrogens with zero attached hydrogens (tertiary/aromatic N) is 4. The maximum atomic E-state index is 13.7. The van der Waals surface area contributed by atoms with E-state index >= 15 is 0 Å². The van der Waals surface area contributed by atoms with Crippen molar-refractivity contribution < 1.29 is 17.6 Å². The van der Waals surface area contributed by atoms with Gasteiger partial charge in [0.2, 0.25) is 5.95 Å². The number of rotatable bonds is 7. The van der Waals surface area contributed by atoms with Crippen LogP contribution in [0, 0.1) is 5.82 Å². The normalized spacial score (nSPS) is 13.9. The van der Waals surface area contributed by atoms with Crippen molar-refractivity contribution in [2.24, 2.45) is 5.10 Å². The molecule has 160 valence electrons. The lowest BCUT2D eigenvalue weighted by atomic mass is 10.2. The van der Waals surface area contributed by atoms with E-state index in [-0.39, 0.29) is 17.8 Å². The first-order chi connectivity index (χ1) is 14.9. The SMILES string of the molecule is Fc1cnc(N/N=C/c2ccc(Nc3cccc(C(F)(F)F)c3)cn2)nc1NC1CC1. The van der Waals surface area contributed by atoms with Crippen molar-refractivity contribution in [1.29, 1.82) is 0 Å². The van der Waals surface area contributed by atoms with Gasteiger partial charge in [-0.3, -0.25) is 4.98 Å². The van der Waals surface area contributed by atoms with Crippen LogP contribution in [0.1, 0.15) is 24.1 Å². The van der Waals surface area contributed by atoms with Crippen molar-refractivity contribution in [3.63, 3.8) is 0 Å².